The van der Waals surface area contributed by atoms with Crippen LogP contribution in [0.2, 0.25) is 0 Å². The molecule has 0 amide bonds. The third kappa shape index (κ3) is 3.27. The van der Waals surface area contributed by atoms with Crippen LogP contribution in [0, 0.1) is 16.7 Å². The predicted octanol–water partition coefficient (Wildman–Crippen LogP) is 3.21. The second kappa shape index (κ2) is 5.63. The standard InChI is InChI=1S/C16H22N2O/c1-16(2,10-17)11-18-15-6-4-5-12-9-13(19-3)7-8-14(12)15/h7-9,15,18H,4-6,11H2,1-3H3. The molecular formula is C16H22N2O. The van der Waals surface area contributed by atoms with Gasteiger partial charge in [0, 0.05) is 12.6 Å². The van der Waals surface area contributed by atoms with Gasteiger partial charge in [-0.25, -0.2) is 0 Å². The Morgan fingerprint density at radius 3 is 2.95 bits per heavy atom. The van der Waals surface area contributed by atoms with E-state index in [2.05, 4.69) is 23.5 Å². The van der Waals surface area contributed by atoms with Gasteiger partial charge in [0.05, 0.1) is 18.6 Å². The zero-order valence-electron chi connectivity index (χ0n) is 12.0. The molecule has 3 heteroatoms. The molecule has 1 aromatic rings. The molecule has 0 saturated heterocycles. The van der Waals surface area contributed by atoms with E-state index < -0.39 is 0 Å². The average Bonchev–Trinajstić information content (AvgIpc) is 2.44. The van der Waals surface area contributed by atoms with Crippen LogP contribution in [0.5, 0.6) is 5.75 Å². The van der Waals surface area contributed by atoms with E-state index in [-0.39, 0.29) is 5.41 Å². The summed E-state index contributed by atoms with van der Waals surface area (Å²) >= 11 is 0. The van der Waals surface area contributed by atoms with Crippen molar-refractivity contribution >= 4 is 0 Å². The molecule has 1 unspecified atom stereocenters. The number of benzene rings is 1. The Kier molecular flexibility index (Phi) is 4.11. The highest BCUT2D eigenvalue weighted by Gasteiger charge is 2.23. The summed E-state index contributed by atoms with van der Waals surface area (Å²) in [6, 6.07) is 9.02. The van der Waals surface area contributed by atoms with Gasteiger partial charge in [-0.1, -0.05) is 6.07 Å². The molecule has 2 rings (SSSR count). The molecule has 1 atom stereocenters. The Bertz CT molecular complexity index is 488. The quantitative estimate of drug-likeness (QED) is 0.902. The van der Waals surface area contributed by atoms with Crippen molar-refractivity contribution < 1.29 is 4.74 Å². The van der Waals surface area contributed by atoms with Gasteiger partial charge in [-0.05, 0) is 56.4 Å². The molecule has 102 valence electrons. The molecule has 19 heavy (non-hydrogen) atoms. The molecule has 0 radical (unpaired) electrons. The van der Waals surface area contributed by atoms with Gasteiger partial charge >= 0.3 is 0 Å². The Balaban J connectivity index is 2.12. The van der Waals surface area contributed by atoms with Crippen molar-refractivity contribution in [2.75, 3.05) is 13.7 Å². The monoisotopic (exact) mass is 258 g/mol. The number of nitrogens with one attached hydrogen (secondary N) is 1. The van der Waals surface area contributed by atoms with E-state index in [1.807, 2.05) is 19.9 Å². The minimum absolute atomic E-state index is 0.315. The van der Waals surface area contributed by atoms with E-state index in [4.69, 9.17) is 10.00 Å². The summed E-state index contributed by atoms with van der Waals surface area (Å²) in [5, 5.41) is 12.6. The first-order chi connectivity index (χ1) is 9.05. The summed E-state index contributed by atoms with van der Waals surface area (Å²) in [6.07, 6.45) is 3.44. The molecule has 0 spiro atoms. The maximum Gasteiger partial charge on any atom is 0.119 e. The number of hydrogen-bond donors (Lipinski definition) is 1. The number of ether oxygens (including phenoxy) is 1. The van der Waals surface area contributed by atoms with E-state index >= 15 is 0 Å². The maximum atomic E-state index is 9.08. The van der Waals surface area contributed by atoms with Crippen LogP contribution in [0.3, 0.4) is 0 Å². The molecular weight excluding hydrogens is 236 g/mol. The van der Waals surface area contributed by atoms with Gasteiger partial charge in [-0.3, -0.25) is 0 Å². The summed E-state index contributed by atoms with van der Waals surface area (Å²) in [5.41, 5.74) is 2.42. The molecule has 0 aliphatic heterocycles. The van der Waals surface area contributed by atoms with Gasteiger partial charge in [0.15, 0.2) is 0 Å². The summed E-state index contributed by atoms with van der Waals surface area (Å²) in [4.78, 5) is 0. The Labute approximate surface area is 115 Å². The molecule has 0 bridgehead atoms. The fraction of sp³-hybridized carbons (Fsp3) is 0.562. The number of aryl methyl sites for hydroxylation is 1. The summed E-state index contributed by atoms with van der Waals surface area (Å²) in [7, 11) is 1.70. The largest absolute Gasteiger partial charge is 0.497 e. The molecule has 1 N–H and O–H groups in total. The topological polar surface area (TPSA) is 45.0 Å². The summed E-state index contributed by atoms with van der Waals surface area (Å²) in [5.74, 6) is 0.928. The minimum Gasteiger partial charge on any atom is -0.497 e. The van der Waals surface area contributed by atoms with Crippen molar-refractivity contribution in [3.05, 3.63) is 29.3 Å². The van der Waals surface area contributed by atoms with E-state index in [9.17, 15) is 0 Å². The first-order valence-electron chi connectivity index (χ1n) is 6.87. The van der Waals surface area contributed by atoms with E-state index in [1.165, 1.54) is 17.5 Å². The SMILES string of the molecule is COc1ccc2c(c1)CCCC2NCC(C)(C)C#N. The van der Waals surface area contributed by atoms with Gasteiger partial charge in [0.1, 0.15) is 5.75 Å². The predicted molar refractivity (Wildman–Crippen MR) is 76.1 cm³/mol. The van der Waals surface area contributed by atoms with Crippen LogP contribution in [-0.4, -0.2) is 13.7 Å². The Hall–Kier alpha value is -1.53. The molecule has 1 aliphatic rings. The summed E-state index contributed by atoms with van der Waals surface area (Å²) < 4.78 is 5.28. The van der Waals surface area contributed by atoms with Crippen LogP contribution in [0.1, 0.15) is 43.9 Å². The third-order valence-corrected chi connectivity index (χ3v) is 3.76. The van der Waals surface area contributed by atoms with Crippen LogP contribution >= 0.6 is 0 Å². The summed E-state index contributed by atoms with van der Waals surface area (Å²) in [6.45, 7) is 4.66. The van der Waals surface area contributed by atoms with Crippen molar-refractivity contribution in [2.24, 2.45) is 5.41 Å². The highest BCUT2D eigenvalue weighted by atomic mass is 16.5. The van der Waals surface area contributed by atoms with Crippen molar-refractivity contribution in [3.8, 4) is 11.8 Å². The van der Waals surface area contributed by atoms with Crippen LogP contribution in [0.15, 0.2) is 18.2 Å². The number of rotatable bonds is 4. The molecule has 0 heterocycles. The fourth-order valence-electron chi connectivity index (χ4n) is 2.55. The van der Waals surface area contributed by atoms with Crippen LogP contribution in [0.25, 0.3) is 0 Å². The zero-order valence-corrected chi connectivity index (χ0v) is 12.0. The minimum atomic E-state index is -0.315. The second-order valence-electron chi connectivity index (χ2n) is 5.89. The average molecular weight is 258 g/mol. The number of fused-ring (bicyclic) bond motifs is 1. The first kappa shape index (κ1) is 13.9. The lowest BCUT2D eigenvalue weighted by molar-refractivity contribution is 0.376. The van der Waals surface area contributed by atoms with E-state index in [0.717, 1.165) is 25.1 Å². The molecule has 0 aromatic heterocycles. The molecule has 0 fully saturated rings. The van der Waals surface area contributed by atoms with Crippen molar-refractivity contribution in [1.29, 1.82) is 5.26 Å². The Morgan fingerprint density at radius 2 is 2.26 bits per heavy atom. The van der Waals surface area contributed by atoms with Crippen molar-refractivity contribution in [3.63, 3.8) is 0 Å². The van der Waals surface area contributed by atoms with Crippen LogP contribution in [0.4, 0.5) is 0 Å². The lowest BCUT2D eigenvalue weighted by atomic mass is 9.86. The highest BCUT2D eigenvalue weighted by molar-refractivity contribution is 5.39. The number of hydrogen-bond acceptors (Lipinski definition) is 3. The third-order valence-electron chi connectivity index (χ3n) is 3.76. The maximum absolute atomic E-state index is 9.08. The fourth-order valence-corrected chi connectivity index (χ4v) is 2.55. The van der Waals surface area contributed by atoms with Crippen molar-refractivity contribution in [1.82, 2.24) is 5.32 Å². The van der Waals surface area contributed by atoms with Gasteiger partial charge in [0.25, 0.3) is 0 Å². The van der Waals surface area contributed by atoms with Gasteiger partial charge in [-0.15, -0.1) is 0 Å². The number of nitriles is 1. The van der Waals surface area contributed by atoms with Crippen molar-refractivity contribution in [2.45, 2.75) is 39.2 Å². The molecule has 1 aliphatic carbocycles. The molecule has 1 aromatic carbocycles. The lowest BCUT2D eigenvalue weighted by Crippen LogP contribution is -2.33. The molecule has 0 saturated carbocycles. The highest BCUT2D eigenvalue weighted by Crippen LogP contribution is 2.32. The van der Waals surface area contributed by atoms with Crippen LogP contribution < -0.4 is 10.1 Å². The van der Waals surface area contributed by atoms with E-state index in [0.29, 0.717) is 6.04 Å². The smallest absolute Gasteiger partial charge is 0.119 e. The number of methoxy groups -OCH3 is 1. The molecule has 3 nitrogen and oxygen atoms in total. The lowest BCUT2D eigenvalue weighted by Gasteiger charge is -2.29. The van der Waals surface area contributed by atoms with Crippen LogP contribution in [-0.2, 0) is 6.42 Å². The van der Waals surface area contributed by atoms with Gasteiger partial charge in [-0.2, -0.15) is 5.26 Å². The van der Waals surface area contributed by atoms with Gasteiger partial charge in [0.2, 0.25) is 0 Å². The zero-order chi connectivity index (χ0) is 13.9. The Morgan fingerprint density at radius 1 is 1.47 bits per heavy atom. The van der Waals surface area contributed by atoms with E-state index in [1.54, 1.807) is 7.11 Å². The van der Waals surface area contributed by atoms with Gasteiger partial charge < -0.3 is 10.1 Å². The second-order valence-corrected chi connectivity index (χ2v) is 5.89. The normalized spacial score (nSPS) is 18.5. The number of nitrogens with zero attached hydrogens (tertiary/aromatic N) is 1. The first-order valence-corrected chi connectivity index (χ1v) is 6.87.